The number of allylic oxidation sites excluding steroid dienone is 16. The van der Waals surface area contributed by atoms with Crippen LogP contribution in [0.15, 0.2) is 97.2 Å². The molecule has 1 atom stereocenters. The standard InChI is InChI=1S/C76H132O6/c1-4-7-10-13-16-19-21-23-25-27-29-31-32-33-34-35-36-37-38-39-40-41-42-43-44-46-47-49-51-53-55-57-60-63-66-69-75(78)81-72-73(71-80-74(77)68-65-62-59-18-15-12-9-6-3)82-76(79)70-67-64-61-58-56-54-52-50-48-45-30-28-26-24-22-20-17-14-11-8-5-2/h7,10,16,19,23,25,29,31,33-34,36-37,39-40,42-43,73H,4-6,8-9,11-15,17-18,20-22,24,26-28,30,32,35,38,41,44-72H2,1-3H3/b10-7-,19-16-,25-23-,31-29-,34-33-,37-36-,40-39-,43-42-. The topological polar surface area (TPSA) is 78.9 Å². The highest BCUT2D eigenvalue weighted by molar-refractivity contribution is 5.71. The lowest BCUT2D eigenvalue weighted by Gasteiger charge is -2.18. The van der Waals surface area contributed by atoms with Crippen LogP contribution in [0.25, 0.3) is 0 Å². The lowest BCUT2D eigenvalue weighted by molar-refractivity contribution is -0.167. The molecular weight excluding hydrogens is 1010 g/mol. The van der Waals surface area contributed by atoms with Gasteiger partial charge in [-0.2, -0.15) is 0 Å². The number of hydrogen-bond acceptors (Lipinski definition) is 6. The molecule has 6 nitrogen and oxygen atoms in total. The zero-order valence-electron chi connectivity index (χ0n) is 54.2. The van der Waals surface area contributed by atoms with E-state index in [1.54, 1.807) is 0 Å². The van der Waals surface area contributed by atoms with Gasteiger partial charge < -0.3 is 14.2 Å². The van der Waals surface area contributed by atoms with Crippen LogP contribution in [-0.4, -0.2) is 37.2 Å². The molecule has 0 amide bonds. The van der Waals surface area contributed by atoms with Crippen molar-refractivity contribution in [3.05, 3.63) is 97.2 Å². The summed E-state index contributed by atoms with van der Waals surface area (Å²) in [5.74, 6) is -0.865. The summed E-state index contributed by atoms with van der Waals surface area (Å²) < 4.78 is 16.9. The van der Waals surface area contributed by atoms with Crippen LogP contribution in [0.4, 0.5) is 0 Å². The van der Waals surface area contributed by atoms with Crippen LogP contribution in [0, 0.1) is 0 Å². The average Bonchev–Trinajstić information content (AvgIpc) is 3.47. The van der Waals surface area contributed by atoms with Crippen molar-refractivity contribution in [2.75, 3.05) is 13.2 Å². The number of unbranched alkanes of at least 4 members (excludes halogenated alkanes) is 37. The maximum Gasteiger partial charge on any atom is 0.306 e. The number of hydrogen-bond donors (Lipinski definition) is 0. The Balaban J connectivity index is 4.11. The molecule has 1 unspecified atom stereocenters. The molecule has 0 saturated carbocycles. The monoisotopic (exact) mass is 1140 g/mol. The highest BCUT2D eigenvalue weighted by Gasteiger charge is 2.19. The summed E-state index contributed by atoms with van der Waals surface area (Å²) in [5.41, 5.74) is 0. The molecule has 0 fully saturated rings. The normalized spacial score (nSPS) is 12.7. The van der Waals surface area contributed by atoms with Crippen LogP contribution < -0.4 is 0 Å². The molecule has 0 aliphatic heterocycles. The zero-order valence-corrected chi connectivity index (χ0v) is 54.2. The summed E-state index contributed by atoms with van der Waals surface area (Å²) in [6.45, 7) is 6.54. The fourth-order valence-corrected chi connectivity index (χ4v) is 10.1. The van der Waals surface area contributed by atoms with Crippen LogP contribution in [-0.2, 0) is 28.6 Å². The molecule has 0 N–H and O–H groups in total. The van der Waals surface area contributed by atoms with Gasteiger partial charge in [-0.05, 0) is 83.5 Å². The predicted molar refractivity (Wildman–Crippen MR) is 357 cm³/mol. The molecule has 0 radical (unpaired) electrons. The smallest absolute Gasteiger partial charge is 0.306 e. The van der Waals surface area contributed by atoms with Gasteiger partial charge in [-0.3, -0.25) is 14.4 Å². The van der Waals surface area contributed by atoms with Crippen molar-refractivity contribution >= 4 is 17.9 Å². The molecular formula is C76H132O6. The van der Waals surface area contributed by atoms with E-state index in [0.717, 1.165) is 109 Å². The lowest BCUT2D eigenvalue weighted by atomic mass is 10.0. The molecule has 0 aromatic carbocycles. The first kappa shape index (κ1) is 78.3. The third-order valence-electron chi connectivity index (χ3n) is 15.4. The number of ether oxygens (including phenoxy) is 3. The Hall–Kier alpha value is -3.67. The predicted octanol–water partition coefficient (Wildman–Crippen LogP) is 24.4. The minimum Gasteiger partial charge on any atom is -0.462 e. The van der Waals surface area contributed by atoms with Gasteiger partial charge in [0.15, 0.2) is 6.10 Å². The molecule has 0 aromatic heterocycles. The summed E-state index contributed by atoms with van der Waals surface area (Å²) in [5, 5.41) is 0. The van der Waals surface area contributed by atoms with Crippen molar-refractivity contribution in [2.45, 2.75) is 354 Å². The van der Waals surface area contributed by atoms with E-state index < -0.39 is 6.10 Å². The Morgan fingerprint density at radius 1 is 0.256 bits per heavy atom. The molecule has 0 saturated heterocycles. The summed E-state index contributed by atoms with van der Waals surface area (Å²) in [7, 11) is 0. The van der Waals surface area contributed by atoms with E-state index >= 15 is 0 Å². The maximum absolute atomic E-state index is 12.9. The molecule has 0 bridgehead atoms. The van der Waals surface area contributed by atoms with Crippen molar-refractivity contribution in [3.8, 4) is 0 Å². The van der Waals surface area contributed by atoms with Crippen molar-refractivity contribution in [2.24, 2.45) is 0 Å². The first-order valence-electron chi connectivity index (χ1n) is 35.2. The Morgan fingerprint density at radius 2 is 0.476 bits per heavy atom. The van der Waals surface area contributed by atoms with E-state index in [0.29, 0.717) is 19.3 Å². The van der Waals surface area contributed by atoms with Crippen molar-refractivity contribution in [1.82, 2.24) is 0 Å². The summed E-state index contributed by atoms with van der Waals surface area (Å²) in [6.07, 6.45) is 94.5. The van der Waals surface area contributed by atoms with Gasteiger partial charge in [0, 0.05) is 19.3 Å². The van der Waals surface area contributed by atoms with Crippen molar-refractivity contribution in [1.29, 1.82) is 0 Å². The van der Waals surface area contributed by atoms with Gasteiger partial charge >= 0.3 is 17.9 Å². The highest BCUT2D eigenvalue weighted by atomic mass is 16.6. The molecule has 472 valence electrons. The molecule has 82 heavy (non-hydrogen) atoms. The summed E-state index contributed by atoms with van der Waals surface area (Å²) >= 11 is 0. The molecule has 0 rings (SSSR count). The second-order valence-electron chi connectivity index (χ2n) is 23.4. The van der Waals surface area contributed by atoms with Crippen LogP contribution in [0.2, 0.25) is 0 Å². The van der Waals surface area contributed by atoms with Crippen LogP contribution in [0.3, 0.4) is 0 Å². The Morgan fingerprint density at radius 3 is 0.744 bits per heavy atom. The van der Waals surface area contributed by atoms with E-state index in [-0.39, 0.29) is 31.1 Å². The Bertz CT molecular complexity index is 1590. The van der Waals surface area contributed by atoms with Crippen LogP contribution in [0.1, 0.15) is 348 Å². The average molecular weight is 1140 g/mol. The number of carbonyl (C=O) groups is 3. The molecule has 0 heterocycles. The Labute approximate surface area is 508 Å². The van der Waals surface area contributed by atoms with E-state index in [2.05, 4.69) is 118 Å². The molecule has 0 aromatic rings. The van der Waals surface area contributed by atoms with Crippen molar-refractivity contribution in [3.63, 3.8) is 0 Å². The SMILES string of the molecule is CC/C=C\C/C=C\C/C=C\C/C=C\C/C=C\C/C=C\C/C=C\C/C=C\CCCCCCCCCCCCC(=O)OCC(COC(=O)CCCCCCCCCC)OC(=O)CCCCCCCCCCCCCCCCCCCCCCC. The maximum atomic E-state index is 12.9. The Kier molecular flexibility index (Phi) is 66.7. The minimum atomic E-state index is -0.775. The quantitative estimate of drug-likeness (QED) is 0.0261. The minimum absolute atomic E-state index is 0.0731. The second kappa shape index (κ2) is 69.8. The van der Waals surface area contributed by atoms with Crippen LogP contribution in [0.5, 0.6) is 0 Å². The molecule has 0 aliphatic carbocycles. The fraction of sp³-hybridized carbons (Fsp3) is 0.750. The van der Waals surface area contributed by atoms with E-state index in [4.69, 9.17) is 14.2 Å². The highest BCUT2D eigenvalue weighted by Crippen LogP contribution is 2.18. The first-order chi connectivity index (χ1) is 40.5. The van der Waals surface area contributed by atoms with Gasteiger partial charge in [-0.15, -0.1) is 0 Å². The summed E-state index contributed by atoms with van der Waals surface area (Å²) in [6, 6.07) is 0. The van der Waals surface area contributed by atoms with E-state index in [1.165, 1.54) is 199 Å². The van der Waals surface area contributed by atoms with E-state index in [9.17, 15) is 14.4 Å². The number of esters is 3. The number of rotatable bonds is 64. The first-order valence-corrected chi connectivity index (χ1v) is 35.2. The van der Waals surface area contributed by atoms with Gasteiger partial charge in [0.05, 0.1) is 0 Å². The van der Waals surface area contributed by atoms with Gasteiger partial charge in [-0.25, -0.2) is 0 Å². The van der Waals surface area contributed by atoms with Crippen LogP contribution >= 0.6 is 0 Å². The van der Waals surface area contributed by atoms with Gasteiger partial charge in [0.25, 0.3) is 0 Å². The molecule has 6 heteroatoms. The van der Waals surface area contributed by atoms with E-state index in [1.807, 2.05) is 0 Å². The van der Waals surface area contributed by atoms with Gasteiger partial charge in [0.2, 0.25) is 0 Å². The van der Waals surface area contributed by atoms with Gasteiger partial charge in [-0.1, -0.05) is 343 Å². The lowest BCUT2D eigenvalue weighted by Crippen LogP contribution is -2.30. The van der Waals surface area contributed by atoms with Crippen molar-refractivity contribution < 1.29 is 28.6 Å². The third kappa shape index (κ3) is 67.1. The second-order valence-corrected chi connectivity index (χ2v) is 23.4. The zero-order chi connectivity index (χ0) is 59.2. The van der Waals surface area contributed by atoms with Gasteiger partial charge in [0.1, 0.15) is 13.2 Å². The third-order valence-corrected chi connectivity index (χ3v) is 15.4. The fourth-order valence-electron chi connectivity index (χ4n) is 10.1. The number of carbonyl (C=O) groups excluding carboxylic acids is 3. The molecule has 0 spiro atoms. The largest absolute Gasteiger partial charge is 0.462 e. The summed E-state index contributed by atoms with van der Waals surface area (Å²) in [4.78, 5) is 38.2. The molecule has 0 aliphatic rings.